The molecule has 0 aromatic heterocycles. The van der Waals surface area contributed by atoms with Crippen LogP contribution < -0.4 is 15.4 Å². The molecule has 6 nitrogen and oxygen atoms in total. The molecule has 0 radical (unpaired) electrons. The summed E-state index contributed by atoms with van der Waals surface area (Å²) < 4.78 is 5.56. The van der Waals surface area contributed by atoms with Crippen molar-refractivity contribution in [3.8, 4) is 5.75 Å². The smallest absolute Gasteiger partial charge is 0.307 e. The van der Waals surface area contributed by atoms with Crippen LogP contribution in [0.5, 0.6) is 5.75 Å². The number of hydrogen-bond acceptors (Lipinski definition) is 4. The van der Waals surface area contributed by atoms with Gasteiger partial charge in [-0.1, -0.05) is 30.3 Å². The van der Waals surface area contributed by atoms with E-state index in [4.69, 9.17) is 9.84 Å². The first-order chi connectivity index (χ1) is 12.1. The number of fused-ring (bicyclic) bond motifs is 1. The van der Waals surface area contributed by atoms with E-state index in [2.05, 4.69) is 10.6 Å². The number of carbonyl (C=O) groups is 2. The normalized spacial score (nSPS) is 15.1. The standard InChI is InChI=1S/C19H20N2O4/c22-18(23)11-13-5-7-15(8-6-13)25-10-9-20-19(24)17-12-14-3-1-2-4-16(14)21-17/h1-8,17,21H,9-12H2,(H,20,24)(H,22,23)/t17-/m0/s1. The Hall–Kier alpha value is -3.02. The zero-order valence-electron chi connectivity index (χ0n) is 13.7. The van der Waals surface area contributed by atoms with Crippen molar-refractivity contribution in [1.29, 1.82) is 0 Å². The van der Waals surface area contributed by atoms with Crippen molar-refractivity contribution in [2.45, 2.75) is 18.9 Å². The number of hydrogen-bond donors (Lipinski definition) is 3. The molecule has 0 spiro atoms. The predicted octanol–water partition coefficient (Wildman–Crippen LogP) is 1.85. The van der Waals surface area contributed by atoms with Gasteiger partial charge >= 0.3 is 5.97 Å². The van der Waals surface area contributed by atoms with Gasteiger partial charge < -0.3 is 20.5 Å². The summed E-state index contributed by atoms with van der Waals surface area (Å²) in [6.07, 6.45) is 0.682. The minimum Gasteiger partial charge on any atom is -0.492 e. The Balaban J connectivity index is 1.39. The van der Waals surface area contributed by atoms with Gasteiger partial charge in [0.15, 0.2) is 0 Å². The van der Waals surface area contributed by atoms with E-state index in [0.717, 1.165) is 16.8 Å². The van der Waals surface area contributed by atoms with Gasteiger partial charge in [0.2, 0.25) is 5.91 Å². The van der Waals surface area contributed by atoms with Crippen LogP contribution in [0.3, 0.4) is 0 Å². The van der Waals surface area contributed by atoms with Gasteiger partial charge in [0.25, 0.3) is 0 Å². The van der Waals surface area contributed by atoms with Crippen molar-refractivity contribution in [1.82, 2.24) is 5.32 Å². The molecular formula is C19H20N2O4. The zero-order valence-corrected chi connectivity index (χ0v) is 13.7. The van der Waals surface area contributed by atoms with E-state index < -0.39 is 5.97 Å². The van der Waals surface area contributed by atoms with Crippen LogP contribution in [-0.4, -0.2) is 36.2 Å². The first kappa shape index (κ1) is 16.8. The molecule has 0 unspecified atom stereocenters. The molecule has 0 fully saturated rings. The number of carboxylic acid groups (broad SMARTS) is 1. The summed E-state index contributed by atoms with van der Waals surface area (Å²) in [5.41, 5.74) is 2.89. The molecule has 0 saturated carbocycles. The lowest BCUT2D eigenvalue weighted by Gasteiger charge is -2.12. The largest absolute Gasteiger partial charge is 0.492 e. The molecule has 1 aliphatic heterocycles. The number of benzene rings is 2. The second-order valence-electron chi connectivity index (χ2n) is 5.91. The van der Waals surface area contributed by atoms with Crippen LogP contribution in [0.1, 0.15) is 11.1 Å². The first-order valence-electron chi connectivity index (χ1n) is 8.17. The monoisotopic (exact) mass is 340 g/mol. The SMILES string of the molecule is O=C(O)Cc1ccc(OCCNC(=O)[C@@H]2Cc3ccccc3N2)cc1. The van der Waals surface area contributed by atoms with E-state index in [1.54, 1.807) is 24.3 Å². The minimum absolute atomic E-state index is 0.00683. The van der Waals surface area contributed by atoms with Crippen LogP contribution in [0.2, 0.25) is 0 Å². The highest BCUT2D eigenvalue weighted by Gasteiger charge is 2.25. The summed E-state index contributed by atoms with van der Waals surface area (Å²) in [6.45, 7) is 0.758. The van der Waals surface area contributed by atoms with Gasteiger partial charge in [0.1, 0.15) is 18.4 Å². The fraction of sp³-hybridized carbons (Fsp3) is 0.263. The zero-order chi connectivity index (χ0) is 17.6. The Labute approximate surface area is 145 Å². The number of rotatable bonds is 7. The average molecular weight is 340 g/mol. The van der Waals surface area contributed by atoms with Crippen LogP contribution >= 0.6 is 0 Å². The maximum absolute atomic E-state index is 12.2. The second kappa shape index (κ2) is 7.70. The number of carboxylic acids is 1. The molecule has 1 atom stereocenters. The molecule has 130 valence electrons. The molecule has 1 aliphatic rings. The number of ether oxygens (including phenoxy) is 1. The molecule has 3 rings (SSSR count). The molecule has 2 aromatic rings. The molecule has 3 N–H and O–H groups in total. The third-order valence-corrected chi connectivity index (χ3v) is 4.04. The third-order valence-electron chi connectivity index (χ3n) is 4.04. The second-order valence-corrected chi connectivity index (χ2v) is 5.91. The van der Waals surface area contributed by atoms with Gasteiger partial charge in [0, 0.05) is 12.1 Å². The van der Waals surface area contributed by atoms with Crippen LogP contribution in [0.25, 0.3) is 0 Å². The van der Waals surface area contributed by atoms with E-state index in [0.29, 0.717) is 25.3 Å². The summed E-state index contributed by atoms with van der Waals surface area (Å²) in [6, 6.07) is 14.6. The molecule has 0 bridgehead atoms. The fourth-order valence-electron chi connectivity index (χ4n) is 2.80. The molecule has 0 saturated heterocycles. The van der Waals surface area contributed by atoms with Gasteiger partial charge in [-0.05, 0) is 29.3 Å². The topological polar surface area (TPSA) is 87.7 Å². The molecule has 25 heavy (non-hydrogen) atoms. The lowest BCUT2D eigenvalue weighted by molar-refractivity contribution is -0.136. The van der Waals surface area contributed by atoms with Gasteiger partial charge in [-0.3, -0.25) is 9.59 Å². The van der Waals surface area contributed by atoms with Crippen molar-refractivity contribution < 1.29 is 19.4 Å². The maximum atomic E-state index is 12.2. The Morgan fingerprint density at radius 2 is 1.92 bits per heavy atom. The number of anilines is 1. The van der Waals surface area contributed by atoms with Crippen molar-refractivity contribution in [2.75, 3.05) is 18.5 Å². The van der Waals surface area contributed by atoms with Crippen molar-refractivity contribution in [3.05, 3.63) is 59.7 Å². The lowest BCUT2D eigenvalue weighted by atomic mass is 10.1. The van der Waals surface area contributed by atoms with E-state index >= 15 is 0 Å². The lowest BCUT2D eigenvalue weighted by Crippen LogP contribution is -2.40. The summed E-state index contributed by atoms with van der Waals surface area (Å²) in [5, 5.41) is 14.8. The van der Waals surface area contributed by atoms with E-state index in [1.165, 1.54) is 0 Å². The number of carbonyl (C=O) groups excluding carboxylic acids is 1. The third kappa shape index (κ3) is 4.50. The van der Waals surface area contributed by atoms with Crippen molar-refractivity contribution >= 4 is 17.6 Å². The summed E-state index contributed by atoms with van der Waals surface area (Å²) in [7, 11) is 0. The van der Waals surface area contributed by atoms with Gasteiger partial charge in [-0.25, -0.2) is 0 Å². The Morgan fingerprint density at radius 1 is 1.16 bits per heavy atom. The molecule has 1 heterocycles. The van der Waals surface area contributed by atoms with E-state index in [1.807, 2.05) is 24.3 Å². The number of aliphatic carboxylic acids is 1. The highest BCUT2D eigenvalue weighted by molar-refractivity contribution is 5.87. The van der Waals surface area contributed by atoms with E-state index in [9.17, 15) is 9.59 Å². The van der Waals surface area contributed by atoms with Crippen LogP contribution in [0.4, 0.5) is 5.69 Å². The van der Waals surface area contributed by atoms with Gasteiger partial charge in [-0.15, -0.1) is 0 Å². The minimum atomic E-state index is -0.862. The van der Waals surface area contributed by atoms with Crippen LogP contribution in [0.15, 0.2) is 48.5 Å². The van der Waals surface area contributed by atoms with Gasteiger partial charge in [0.05, 0.1) is 13.0 Å². The Bertz CT molecular complexity index is 733. The molecular weight excluding hydrogens is 320 g/mol. The fourth-order valence-corrected chi connectivity index (χ4v) is 2.80. The van der Waals surface area contributed by atoms with E-state index in [-0.39, 0.29) is 18.4 Å². The highest BCUT2D eigenvalue weighted by atomic mass is 16.5. The number of nitrogens with one attached hydrogen (secondary N) is 2. The Morgan fingerprint density at radius 3 is 2.64 bits per heavy atom. The van der Waals surface area contributed by atoms with Crippen molar-refractivity contribution in [2.24, 2.45) is 0 Å². The number of para-hydroxylation sites is 1. The highest BCUT2D eigenvalue weighted by Crippen LogP contribution is 2.24. The van der Waals surface area contributed by atoms with Crippen LogP contribution in [0, 0.1) is 0 Å². The van der Waals surface area contributed by atoms with Crippen molar-refractivity contribution in [3.63, 3.8) is 0 Å². The number of amides is 1. The molecule has 6 heteroatoms. The quantitative estimate of drug-likeness (QED) is 0.670. The van der Waals surface area contributed by atoms with Gasteiger partial charge in [-0.2, -0.15) is 0 Å². The first-order valence-corrected chi connectivity index (χ1v) is 8.17. The average Bonchev–Trinajstić information content (AvgIpc) is 3.04. The predicted molar refractivity (Wildman–Crippen MR) is 93.8 cm³/mol. The Kier molecular flexibility index (Phi) is 5.18. The molecule has 1 amide bonds. The molecule has 0 aliphatic carbocycles. The maximum Gasteiger partial charge on any atom is 0.307 e. The summed E-state index contributed by atoms with van der Waals surface area (Å²) >= 11 is 0. The summed E-state index contributed by atoms with van der Waals surface area (Å²) in [5.74, 6) is -0.259. The summed E-state index contributed by atoms with van der Waals surface area (Å²) in [4.78, 5) is 22.8. The van der Waals surface area contributed by atoms with Crippen LogP contribution in [-0.2, 0) is 22.4 Å². The molecule has 2 aromatic carbocycles.